The summed E-state index contributed by atoms with van der Waals surface area (Å²) in [4.78, 5) is 12.4. The summed E-state index contributed by atoms with van der Waals surface area (Å²) in [6, 6.07) is 0. The molecule has 2 saturated heterocycles. The summed E-state index contributed by atoms with van der Waals surface area (Å²) in [6.07, 6.45) is 11.6. The molecule has 6 aliphatic rings. The third-order valence-electron chi connectivity index (χ3n) is 10.3. The minimum Gasteiger partial charge on any atom is -0.349 e. The molecule has 0 aromatic rings. The Kier molecular flexibility index (Phi) is 4.47. The molecule has 5 nitrogen and oxygen atoms in total. The van der Waals surface area contributed by atoms with E-state index in [9.17, 15) is 4.79 Å². The van der Waals surface area contributed by atoms with Gasteiger partial charge in [-0.3, -0.25) is 0 Å². The number of aldehydes is 1. The molecule has 0 aromatic heterocycles. The molecule has 0 aromatic carbocycles. The second-order valence-electron chi connectivity index (χ2n) is 10.9. The van der Waals surface area contributed by atoms with Crippen LogP contribution in [0.1, 0.15) is 64.7 Å². The van der Waals surface area contributed by atoms with Crippen LogP contribution in [0.3, 0.4) is 0 Å². The van der Waals surface area contributed by atoms with Crippen molar-refractivity contribution in [3.05, 3.63) is 0 Å². The van der Waals surface area contributed by atoms with Crippen molar-refractivity contribution in [2.75, 3.05) is 26.4 Å². The zero-order chi connectivity index (χ0) is 19.7. The van der Waals surface area contributed by atoms with Crippen LogP contribution in [0.15, 0.2) is 0 Å². The Morgan fingerprint density at radius 2 is 1.62 bits per heavy atom. The first-order chi connectivity index (χ1) is 14.1. The van der Waals surface area contributed by atoms with Crippen LogP contribution in [-0.2, 0) is 23.7 Å². The SMILES string of the molecule is C[C@]12CCCCC1C[C@@H](C=O)[C@@H]1[C@@H]2CC[C@]23C4OCCOC2(CC[C@@H]13)OCCO4. The topological polar surface area (TPSA) is 54.0 Å². The minimum atomic E-state index is -0.585. The van der Waals surface area contributed by atoms with Crippen LogP contribution in [0.2, 0.25) is 0 Å². The van der Waals surface area contributed by atoms with Crippen molar-refractivity contribution in [3.63, 3.8) is 0 Å². The quantitative estimate of drug-likeness (QED) is 0.620. The maximum atomic E-state index is 12.4. The molecule has 0 radical (unpaired) electrons. The molecule has 2 bridgehead atoms. The lowest BCUT2D eigenvalue weighted by Gasteiger charge is -2.63. The molecule has 0 amide bonds. The summed E-state index contributed by atoms with van der Waals surface area (Å²) in [5, 5.41) is 0. The highest BCUT2D eigenvalue weighted by Crippen LogP contribution is 2.71. The lowest BCUT2D eigenvalue weighted by molar-refractivity contribution is -0.321. The van der Waals surface area contributed by atoms with Crippen molar-refractivity contribution >= 4 is 6.29 Å². The summed E-state index contributed by atoms with van der Waals surface area (Å²) in [5.74, 6) is 1.73. The molecule has 1 unspecified atom stereocenters. The molecule has 4 saturated carbocycles. The van der Waals surface area contributed by atoms with E-state index in [1.165, 1.54) is 32.0 Å². The summed E-state index contributed by atoms with van der Waals surface area (Å²) in [7, 11) is 0. The predicted molar refractivity (Wildman–Crippen MR) is 106 cm³/mol. The van der Waals surface area contributed by atoms with E-state index >= 15 is 0 Å². The van der Waals surface area contributed by atoms with Gasteiger partial charge < -0.3 is 23.7 Å². The van der Waals surface area contributed by atoms with Crippen LogP contribution < -0.4 is 0 Å². The average Bonchev–Trinajstić information content (AvgIpc) is 2.90. The van der Waals surface area contributed by atoms with E-state index < -0.39 is 5.79 Å². The van der Waals surface area contributed by atoms with E-state index in [1.807, 2.05) is 0 Å². The second-order valence-corrected chi connectivity index (χ2v) is 10.9. The molecule has 6 fully saturated rings. The molecular formula is C24H36O5. The van der Waals surface area contributed by atoms with Crippen molar-refractivity contribution in [1.82, 2.24) is 0 Å². The fraction of sp³-hybridized carbons (Fsp3) is 0.958. The van der Waals surface area contributed by atoms with Crippen molar-refractivity contribution in [3.8, 4) is 0 Å². The van der Waals surface area contributed by atoms with E-state index in [-0.39, 0.29) is 17.6 Å². The fourth-order valence-electron chi connectivity index (χ4n) is 9.20. The standard InChI is InChI=1S/C24H36O5/c1-22-7-3-2-4-17(22)14-16(15-25)20-18(22)5-8-23-19(20)6-9-24(23)28-12-10-26-21(23)27-11-13-29-24/h15-21H,2-14H2,1H3/t16-,17?,18-,19-,20+,21?,22-,23-,24?/m0/s1. The second kappa shape index (κ2) is 6.75. The van der Waals surface area contributed by atoms with Gasteiger partial charge in [0.1, 0.15) is 6.29 Å². The van der Waals surface area contributed by atoms with Gasteiger partial charge in [0.2, 0.25) is 0 Å². The summed E-state index contributed by atoms with van der Waals surface area (Å²) >= 11 is 0. The predicted octanol–water partition coefficient (Wildman–Crippen LogP) is 3.94. The van der Waals surface area contributed by atoms with Gasteiger partial charge >= 0.3 is 0 Å². The number of ether oxygens (including phenoxy) is 4. The van der Waals surface area contributed by atoms with Gasteiger partial charge in [-0.1, -0.05) is 19.8 Å². The van der Waals surface area contributed by atoms with E-state index in [4.69, 9.17) is 18.9 Å². The smallest absolute Gasteiger partial charge is 0.179 e. The molecule has 2 aliphatic heterocycles. The van der Waals surface area contributed by atoms with Gasteiger partial charge in [-0.25, -0.2) is 0 Å². The third kappa shape index (κ3) is 2.39. The number of hydrogen-bond acceptors (Lipinski definition) is 5. The van der Waals surface area contributed by atoms with Crippen LogP contribution in [0.25, 0.3) is 0 Å². The molecule has 0 N–H and O–H groups in total. The van der Waals surface area contributed by atoms with Gasteiger partial charge in [0.25, 0.3) is 0 Å². The summed E-state index contributed by atoms with van der Waals surface area (Å²) in [6.45, 7) is 4.82. The maximum Gasteiger partial charge on any atom is 0.179 e. The van der Waals surface area contributed by atoms with Crippen molar-refractivity contribution in [2.45, 2.75) is 76.8 Å². The Hall–Kier alpha value is -0.490. The van der Waals surface area contributed by atoms with Gasteiger partial charge in [0.05, 0.1) is 31.8 Å². The number of hydrogen-bond donors (Lipinski definition) is 0. The monoisotopic (exact) mass is 404 g/mol. The van der Waals surface area contributed by atoms with Gasteiger partial charge in [0, 0.05) is 12.3 Å². The molecule has 1 spiro atoms. The van der Waals surface area contributed by atoms with Gasteiger partial charge in [-0.2, -0.15) is 0 Å². The highest BCUT2D eigenvalue weighted by Gasteiger charge is 2.73. The third-order valence-corrected chi connectivity index (χ3v) is 10.3. The first-order valence-electron chi connectivity index (χ1n) is 12.1. The first-order valence-corrected chi connectivity index (χ1v) is 12.1. The van der Waals surface area contributed by atoms with E-state index in [0.717, 1.165) is 32.1 Å². The highest BCUT2D eigenvalue weighted by molar-refractivity contribution is 5.55. The molecular weight excluding hydrogens is 368 g/mol. The van der Waals surface area contributed by atoms with Crippen LogP contribution >= 0.6 is 0 Å². The van der Waals surface area contributed by atoms with Gasteiger partial charge in [-0.15, -0.1) is 0 Å². The molecule has 6 rings (SSSR count). The number of fused-ring (bicyclic) bond motifs is 4. The summed E-state index contributed by atoms with van der Waals surface area (Å²) in [5.41, 5.74) is 0.124. The Morgan fingerprint density at radius 3 is 2.38 bits per heavy atom. The van der Waals surface area contributed by atoms with Crippen LogP contribution in [-0.4, -0.2) is 44.8 Å². The van der Waals surface area contributed by atoms with E-state index in [1.54, 1.807) is 0 Å². The zero-order valence-electron chi connectivity index (χ0n) is 17.8. The molecule has 7 atom stereocenters. The van der Waals surface area contributed by atoms with Crippen molar-refractivity contribution in [1.29, 1.82) is 0 Å². The van der Waals surface area contributed by atoms with Crippen molar-refractivity contribution < 1.29 is 23.7 Å². The number of carbonyl (C=O) groups is 1. The van der Waals surface area contributed by atoms with Gasteiger partial charge in [0.15, 0.2) is 12.1 Å². The molecule has 4 aliphatic carbocycles. The normalized spacial score (nSPS) is 56.7. The number of rotatable bonds is 1. The minimum absolute atomic E-state index is 0.166. The summed E-state index contributed by atoms with van der Waals surface area (Å²) < 4.78 is 25.6. The molecule has 5 heteroatoms. The zero-order valence-corrected chi connectivity index (χ0v) is 17.8. The Bertz CT molecular complexity index is 654. The molecule has 2 heterocycles. The average molecular weight is 405 g/mol. The largest absolute Gasteiger partial charge is 0.349 e. The Morgan fingerprint density at radius 1 is 0.862 bits per heavy atom. The Labute approximate surface area is 174 Å². The van der Waals surface area contributed by atoms with Gasteiger partial charge in [-0.05, 0) is 67.6 Å². The van der Waals surface area contributed by atoms with E-state index in [0.29, 0.717) is 55.5 Å². The number of carbonyl (C=O) groups excluding carboxylic acids is 1. The molecule has 162 valence electrons. The first kappa shape index (κ1) is 19.2. The van der Waals surface area contributed by atoms with Crippen LogP contribution in [0, 0.1) is 40.4 Å². The van der Waals surface area contributed by atoms with Crippen LogP contribution in [0.4, 0.5) is 0 Å². The van der Waals surface area contributed by atoms with Crippen molar-refractivity contribution in [2.24, 2.45) is 40.4 Å². The Balaban J connectivity index is 1.45. The maximum absolute atomic E-state index is 12.4. The van der Waals surface area contributed by atoms with E-state index in [2.05, 4.69) is 6.92 Å². The highest BCUT2D eigenvalue weighted by atomic mass is 16.8. The lowest BCUT2D eigenvalue weighted by atomic mass is 9.42. The lowest BCUT2D eigenvalue weighted by Crippen LogP contribution is -2.63. The van der Waals surface area contributed by atoms with Crippen LogP contribution in [0.5, 0.6) is 0 Å². The molecule has 29 heavy (non-hydrogen) atoms. The fourth-order valence-corrected chi connectivity index (χ4v) is 9.20.